The van der Waals surface area contributed by atoms with Gasteiger partial charge in [-0.05, 0) is 25.0 Å². The number of carbonyl (C=O) groups excluding carboxylic acids is 1. The summed E-state index contributed by atoms with van der Waals surface area (Å²) < 4.78 is 43.4. The van der Waals surface area contributed by atoms with Gasteiger partial charge in [-0.3, -0.25) is 9.78 Å². The van der Waals surface area contributed by atoms with E-state index >= 15 is 0 Å². The molecule has 2 aromatic heterocycles. The lowest BCUT2D eigenvalue weighted by molar-refractivity contribution is -0.141. The molecule has 1 aliphatic heterocycles. The number of likely N-dealkylation sites (tertiary alicyclic amines) is 1. The van der Waals surface area contributed by atoms with Crippen LogP contribution in [0.5, 0.6) is 5.75 Å². The maximum absolute atomic E-state index is 12.7. The van der Waals surface area contributed by atoms with Crippen LogP contribution in [0.25, 0.3) is 0 Å². The third kappa shape index (κ3) is 4.28. The van der Waals surface area contributed by atoms with Crippen molar-refractivity contribution in [2.75, 3.05) is 19.7 Å². The van der Waals surface area contributed by atoms with Gasteiger partial charge in [0.15, 0.2) is 6.61 Å². The molecule has 1 saturated heterocycles. The van der Waals surface area contributed by atoms with Crippen molar-refractivity contribution in [1.82, 2.24) is 19.9 Å². The summed E-state index contributed by atoms with van der Waals surface area (Å²) in [6.07, 6.45) is 0.828. The Morgan fingerprint density at radius 2 is 2.24 bits per heavy atom. The highest BCUT2D eigenvalue weighted by Crippen LogP contribution is 2.31. The molecule has 2 aromatic rings. The lowest BCUT2D eigenvalue weighted by Gasteiger charge is -2.31. The second-order valence-corrected chi connectivity index (χ2v) is 5.84. The van der Waals surface area contributed by atoms with Crippen molar-refractivity contribution in [3.8, 4) is 5.75 Å². The van der Waals surface area contributed by atoms with E-state index in [0.29, 0.717) is 31.7 Å². The van der Waals surface area contributed by atoms with Crippen LogP contribution in [-0.2, 0) is 11.0 Å². The molecule has 1 fully saturated rings. The SMILES string of the molecule is O=C(COc1cccnc1)N1CCC[C@@H](c2ncc(C(F)(F)F)[nH]2)C1. The van der Waals surface area contributed by atoms with Crippen molar-refractivity contribution in [2.45, 2.75) is 24.9 Å². The van der Waals surface area contributed by atoms with Crippen LogP contribution < -0.4 is 4.74 Å². The minimum Gasteiger partial charge on any atom is -0.482 e. The number of halogens is 3. The maximum Gasteiger partial charge on any atom is 0.432 e. The molecular formula is C16H17F3N4O2. The number of imidazole rings is 1. The number of H-pyrrole nitrogens is 1. The molecule has 134 valence electrons. The van der Waals surface area contributed by atoms with Crippen molar-refractivity contribution >= 4 is 5.91 Å². The lowest BCUT2D eigenvalue weighted by Crippen LogP contribution is -2.41. The molecular weight excluding hydrogens is 337 g/mol. The Morgan fingerprint density at radius 3 is 2.92 bits per heavy atom. The van der Waals surface area contributed by atoms with E-state index in [0.717, 1.165) is 6.20 Å². The largest absolute Gasteiger partial charge is 0.482 e. The predicted octanol–water partition coefficient (Wildman–Crippen LogP) is 2.61. The summed E-state index contributed by atoms with van der Waals surface area (Å²) in [5.74, 6) is 0.298. The van der Waals surface area contributed by atoms with Crippen molar-refractivity contribution in [3.05, 3.63) is 42.2 Å². The summed E-state index contributed by atoms with van der Waals surface area (Å²) in [5, 5.41) is 0. The third-order valence-electron chi connectivity index (χ3n) is 4.06. The topological polar surface area (TPSA) is 71.1 Å². The fourth-order valence-electron chi connectivity index (χ4n) is 2.78. The molecule has 0 spiro atoms. The Kier molecular flexibility index (Phi) is 4.91. The van der Waals surface area contributed by atoms with Crippen LogP contribution in [-0.4, -0.2) is 45.5 Å². The maximum atomic E-state index is 12.7. The first-order valence-corrected chi connectivity index (χ1v) is 7.86. The van der Waals surface area contributed by atoms with Gasteiger partial charge in [-0.15, -0.1) is 0 Å². The zero-order valence-corrected chi connectivity index (χ0v) is 13.3. The molecule has 0 bridgehead atoms. The van der Waals surface area contributed by atoms with E-state index in [2.05, 4.69) is 15.0 Å². The first-order valence-electron chi connectivity index (χ1n) is 7.86. The van der Waals surface area contributed by atoms with Crippen molar-refractivity contribution in [3.63, 3.8) is 0 Å². The Bertz CT molecular complexity index is 718. The molecule has 1 amide bonds. The number of alkyl halides is 3. The van der Waals surface area contributed by atoms with E-state index < -0.39 is 11.9 Å². The minimum atomic E-state index is -4.45. The molecule has 0 unspecified atom stereocenters. The standard InChI is InChI=1S/C16H17F3N4O2/c17-16(18,19)13-8-21-15(22-13)11-3-2-6-23(9-11)14(24)10-25-12-4-1-5-20-7-12/h1,4-5,7-8,11H,2-3,6,9-10H2,(H,21,22)/t11-/m1/s1. The molecule has 0 aliphatic carbocycles. The lowest BCUT2D eigenvalue weighted by atomic mass is 9.97. The number of ether oxygens (including phenoxy) is 1. The highest BCUT2D eigenvalue weighted by Gasteiger charge is 2.34. The van der Waals surface area contributed by atoms with Gasteiger partial charge >= 0.3 is 6.18 Å². The molecule has 6 nitrogen and oxygen atoms in total. The Hall–Kier alpha value is -2.58. The quantitative estimate of drug-likeness (QED) is 0.916. The van der Waals surface area contributed by atoms with Gasteiger partial charge in [0.1, 0.15) is 17.3 Å². The van der Waals surface area contributed by atoms with E-state index in [-0.39, 0.29) is 24.3 Å². The molecule has 3 rings (SSSR count). The van der Waals surface area contributed by atoms with Gasteiger partial charge in [-0.1, -0.05) is 0 Å². The number of hydrogen-bond acceptors (Lipinski definition) is 4. The van der Waals surface area contributed by atoms with Crippen molar-refractivity contribution in [1.29, 1.82) is 0 Å². The van der Waals surface area contributed by atoms with Gasteiger partial charge < -0.3 is 14.6 Å². The summed E-state index contributed by atoms with van der Waals surface area (Å²) in [6, 6.07) is 3.40. The second kappa shape index (κ2) is 7.12. The van der Waals surface area contributed by atoms with Gasteiger partial charge in [0, 0.05) is 25.2 Å². The van der Waals surface area contributed by atoms with Crippen LogP contribution in [0.2, 0.25) is 0 Å². The van der Waals surface area contributed by atoms with E-state index in [4.69, 9.17) is 4.74 Å². The van der Waals surface area contributed by atoms with E-state index in [1.54, 1.807) is 23.2 Å². The normalized spacial score (nSPS) is 18.2. The first-order chi connectivity index (χ1) is 11.9. The third-order valence-corrected chi connectivity index (χ3v) is 4.06. The molecule has 9 heteroatoms. The van der Waals surface area contributed by atoms with Crippen LogP contribution in [0.1, 0.15) is 30.3 Å². The number of carbonyl (C=O) groups is 1. The average Bonchev–Trinajstić information content (AvgIpc) is 3.11. The highest BCUT2D eigenvalue weighted by molar-refractivity contribution is 5.78. The molecule has 0 radical (unpaired) electrons. The number of piperidine rings is 1. The van der Waals surface area contributed by atoms with Gasteiger partial charge in [-0.2, -0.15) is 13.2 Å². The van der Waals surface area contributed by atoms with Gasteiger partial charge in [0.2, 0.25) is 0 Å². The van der Waals surface area contributed by atoms with Crippen molar-refractivity contribution in [2.24, 2.45) is 0 Å². The number of nitrogens with one attached hydrogen (secondary N) is 1. The second-order valence-electron chi connectivity index (χ2n) is 5.84. The molecule has 3 heterocycles. The first kappa shape index (κ1) is 17.2. The monoisotopic (exact) mass is 354 g/mol. The van der Waals surface area contributed by atoms with Crippen LogP contribution >= 0.6 is 0 Å². The summed E-state index contributed by atoms with van der Waals surface area (Å²) >= 11 is 0. The fourth-order valence-corrected chi connectivity index (χ4v) is 2.78. The molecule has 1 N–H and O–H groups in total. The summed E-state index contributed by atoms with van der Waals surface area (Å²) in [7, 11) is 0. The minimum absolute atomic E-state index is 0.135. The summed E-state index contributed by atoms with van der Waals surface area (Å²) in [5.41, 5.74) is -0.870. The Morgan fingerprint density at radius 1 is 1.40 bits per heavy atom. The number of amides is 1. The highest BCUT2D eigenvalue weighted by atomic mass is 19.4. The van der Waals surface area contributed by atoms with E-state index in [9.17, 15) is 18.0 Å². The van der Waals surface area contributed by atoms with Gasteiger partial charge in [-0.25, -0.2) is 4.98 Å². The zero-order valence-electron chi connectivity index (χ0n) is 13.3. The van der Waals surface area contributed by atoms with Crippen molar-refractivity contribution < 1.29 is 22.7 Å². The summed E-state index contributed by atoms with van der Waals surface area (Å²) in [6.45, 7) is 0.739. The van der Waals surface area contributed by atoms with E-state index in [1.165, 1.54) is 6.20 Å². The molecule has 0 saturated carbocycles. The molecule has 0 aromatic carbocycles. The number of aromatic amines is 1. The fraction of sp³-hybridized carbons (Fsp3) is 0.438. The number of hydrogen-bond donors (Lipinski definition) is 1. The summed E-state index contributed by atoms with van der Waals surface area (Å²) in [4.78, 5) is 23.9. The zero-order chi connectivity index (χ0) is 17.9. The van der Waals surface area contributed by atoms with Crippen LogP contribution in [0.3, 0.4) is 0 Å². The number of pyridine rings is 1. The molecule has 25 heavy (non-hydrogen) atoms. The number of aromatic nitrogens is 3. The van der Waals surface area contributed by atoms with Crippen LogP contribution in [0.15, 0.2) is 30.7 Å². The smallest absolute Gasteiger partial charge is 0.432 e. The molecule has 1 atom stereocenters. The van der Waals surface area contributed by atoms with Crippen LogP contribution in [0.4, 0.5) is 13.2 Å². The van der Waals surface area contributed by atoms with Gasteiger partial charge in [0.05, 0.1) is 12.4 Å². The molecule has 1 aliphatic rings. The van der Waals surface area contributed by atoms with E-state index in [1.807, 2.05) is 0 Å². The van der Waals surface area contributed by atoms with Gasteiger partial charge in [0.25, 0.3) is 5.91 Å². The van der Waals surface area contributed by atoms with Crippen LogP contribution in [0, 0.1) is 0 Å². The number of rotatable bonds is 4. The Labute approximate surface area is 142 Å². The average molecular weight is 354 g/mol. The number of nitrogens with zero attached hydrogens (tertiary/aromatic N) is 3. The Balaban J connectivity index is 1.59. The predicted molar refractivity (Wildman–Crippen MR) is 81.9 cm³/mol.